The number of amides is 2. The van der Waals surface area contributed by atoms with E-state index in [1.165, 1.54) is 62.4 Å². The van der Waals surface area contributed by atoms with Gasteiger partial charge in [-0.2, -0.15) is 0 Å². The van der Waals surface area contributed by atoms with E-state index in [0.29, 0.717) is 5.75 Å². The van der Waals surface area contributed by atoms with Crippen molar-refractivity contribution in [2.24, 2.45) is 0 Å². The zero-order valence-electron chi connectivity index (χ0n) is 25.9. The molecule has 0 bridgehead atoms. The molecule has 0 fully saturated rings. The fourth-order valence-corrected chi connectivity index (χ4v) is 6.01. The van der Waals surface area contributed by atoms with Crippen LogP contribution in [0.5, 0.6) is 11.5 Å². The van der Waals surface area contributed by atoms with E-state index < -0.39 is 45.8 Å². The van der Waals surface area contributed by atoms with Gasteiger partial charge in [-0.15, -0.1) is 0 Å². The maximum atomic E-state index is 14.7. The minimum Gasteiger partial charge on any atom is -0.493 e. The minimum absolute atomic E-state index is 0.128. The third-order valence-electron chi connectivity index (χ3n) is 6.68. The summed E-state index contributed by atoms with van der Waals surface area (Å²) in [6.45, 7) is 9.69. The molecule has 11 heteroatoms. The van der Waals surface area contributed by atoms with Crippen LogP contribution in [0.2, 0.25) is 0 Å². The summed E-state index contributed by atoms with van der Waals surface area (Å²) >= 11 is 0. The number of benzene rings is 3. The number of nitrogens with one attached hydrogen (secondary N) is 1. The monoisotopic (exact) mass is 613 g/mol. The predicted molar refractivity (Wildman–Crippen MR) is 164 cm³/mol. The summed E-state index contributed by atoms with van der Waals surface area (Å²) in [5.74, 6) is -1.16. The molecule has 9 nitrogen and oxygen atoms in total. The van der Waals surface area contributed by atoms with Crippen LogP contribution < -0.4 is 19.1 Å². The number of hydrogen-bond donors (Lipinski definition) is 1. The molecule has 3 aromatic carbocycles. The number of aryl methyl sites for hydroxylation is 2. The van der Waals surface area contributed by atoms with Gasteiger partial charge in [0.1, 0.15) is 18.4 Å². The van der Waals surface area contributed by atoms with Crippen molar-refractivity contribution < 1.29 is 31.9 Å². The Bertz CT molecular complexity index is 1570. The topological polar surface area (TPSA) is 105 Å². The highest BCUT2D eigenvalue weighted by Gasteiger charge is 2.34. The van der Waals surface area contributed by atoms with Crippen molar-refractivity contribution in [2.45, 2.75) is 64.6 Å². The molecule has 43 heavy (non-hydrogen) atoms. The lowest BCUT2D eigenvalue weighted by molar-refractivity contribution is -0.140. The number of ether oxygens (including phenoxy) is 2. The summed E-state index contributed by atoms with van der Waals surface area (Å²) in [5.41, 5.74) is 1.43. The largest absolute Gasteiger partial charge is 0.493 e. The van der Waals surface area contributed by atoms with Crippen molar-refractivity contribution in [2.75, 3.05) is 25.1 Å². The van der Waals surface area contributed by atoms with Gasteiger partial charge >= 0.3 is 0 Å². The van der Waals surface area contributed by atoms with E-state index in [4.69, 9.17) is 9.47 Å². The van der Waals surface area contributed by atoms with Gasteiger partial charge < -0.3 is 19.7 Å². The molecule has 1 N–H and O–H groups in total. The molecular weight excluding hydrogens is 573 g/mol. The van der Waals surface area contributed by atoms with E-state index in [2.05, 4.69) is 5.32 Å². The molecule has 0 aliphatic heterocycles. The third kappa shape index (κ3) is 8.25. The van der Waals surface area contributed by atoms with Crippen LogP contribution in [0.1, 0.15) is 44.4 Å². The Balaban J connectivity index is 2.13. The second kappa shape index (κ2) is 13.5. The first-order valence-corrected chi connectivity index (χ1v) is 15.2. The van der Waals surface area contributed by atoms with Crippen molar-refractivity contribution in [3.8, 4) is 11.5 Å². The van der Waals surface area contributed by atoms with Gasteiger partial charge in [0.05, 0.1) is 24.8 Å². The second-order valence-corrected chi connectivity index (χ2v) is 13.3. The van der Waals surface area contributed by atoms with Crippen molar-refractivity contribution in [1.29, 1.82) is 0 Å². The predicted octanol–water partition coefficient (Wildman–Crippen LogP) is 4.99. The van der Waals surface area contributed by atoms with Crippen molar-refractivity contribution in [1.82, 2.24) is 10.2 Å². The molecule has 0 aliphatic carbocycles. The number of sulfonamides is 1. The van der Waals surface area contributed by atoms with Gasteiger partial charge in [0.15, 0.2) is 11.5 Å². The lowest BCUT2D eigenvalue weighted by Crippen LogP contribution is -2.54. The molecule has 2 amide bonds. The Hall–Kier alpha value is -4.12. The Morgan fingerprint density at radius 2 is 1.53 bits per heavy atom. The fraction of sp³-hybridized carbons (Fsp3) is 0.375. The maximum Gasteiger partial charge on any atom is 0.264 e. The van der Waals surface area contributed by atoms with Crippen LogP contribution in [0, 0.1) is 19.7 Å². The standard InChI is InChI=1S/C32H40FN3O6S/c1-21-15-22(2)17-25(16-21)36(43(39,40)26-13-14-28(41-7)29(18-26)42-8)20-30(37)35(19-24-11-9-10-12-27(24)33)23(3)31(38)34-32(4,5)6/h9-18,23H,19-20H2,1-8H3,(H,34,38)/t23-/m1/s1. The SMILES string of the molecule is COc1ccc(S(=O)(=O)N(CC(=O)N(Cc2ccccc2F)[C@H](C)C(=O)NC(C)(C)C)c2cc(C)cc(C)c2)cc1OC. The molecule has 3 rings (SSSR count). The number of anilines is 1. The Morgan fingerprint density at radius 3 is 2.09 bits per heavy atom. The molecule has 0 unspecified atom stereocenters. The molecule has 232 valence electrons. The number of nitrogens with zero attached hydrogens (tertiary/aromatic N) is 2. The third-order valence-corrected chi connectivity index (χ3v) is 8.45. The van der Waals surface area contributed by atoms with Gasteiger partial charge in [0.25, 0.3) is 10.0 Å². The van der Waals surface area contributed by atoms with E-state index in [9.17, 15) is 22.4 Å². The van der Waals surface area contributed by atoms with Gasteiger partial charge in [-0.3, -0.25) is 13.9 Å². The van der Waals surface area contributed by atoms with Crippen molar-refractivity contribution in [3.63, 3.8) is 0 Å². The van der Waals surface area contributed by atoms with E-state index in [-0.39, 0.29) is 28.4 Å². The Kier molecular flexibility index (Phi) is 10.4. The first-order valence-electron chi connectivity index (χ1n) is 13.8. The van der Waals surface area contributed by atoms with Gasteiger partial charge in [0.2, 0.25) is 11.8 Å². The molecule has 0 aromatic heterocycles. The minimum atomic E-state index is -4.35. The summed E-state index contributed by atoms with van der Waals surface area (Å²) in [4.78, 5) is 28.4. The zero-order valence-corrected chi connectivity index (χ0v) is 26.7. The first-order chi connectivity index (χ1) is 20.1. The lowest BCUT2D eigenvalue weighted by atomic mass is 10.1. The van der Waals surface area contributed by atoms with Gasteiger partial charge in [0, 0.05) is 23.7 Å². The highest BCUT2D eigenvalue weighted by molar-refractivity contribution is 7.92. The Labute approximate surface area is 253 Å². The molecule has 0 spiro atoms. The number of rotatable bonds is 11. The Morgan fingerprint density at radius 1 is 0.930 bits per heavy atom. The number of halogens is 1. The van der Waals surface area contributed by atoms with Crippen LogP contribution in [0.15, 0.2) is 65.6 Å². The normalized spacial score (nSPS) is 12.3. The van der Waals surface area contributed by atoms with E-state index in [0.717, 1.165) is 15.4 Å². The molecule has 0 heterocycles. The highest BCUT2D eigenvalue weighted by atomic mass is 32.2. The van der Waals surface area contributed by atoms with Crippen LogP contribution in [0.3, 0.4) is 0 Å². The number of carbonyl (C=O) groups excluding carboxylic acids is 2. The molecule has 0 aliphatic rings. The summed E-state index contributed by atoms with van der Waals surface area (Å²) < 4.78 is 54.7. The molecule has 0 radical (unpaired) electrons. The quantitative estimate of drug-likeness (QED) is 0.327. The zero-order chi connectivity index (χ0) is 32.1. The van der Waals surface area contributed by atoms with Gasteiger partial charge in [-0.1, -0.05) is 24.3 Å². The average molecular weight is 614 g/mol. The van der Waals surface area contributed by atoms with E-state index in [1.54, 1.807) is 39.0 Å². The van der Waals surface area contributed by atoms with Crippen LogP contribution in [0.4, 0.5) is 10.1 Å². The first kappa shape index (κ1) is 33.4. The summed E-state index contributed by atoms with van der Waals surface area (Å²) in [7, 11) is -1.52. The van der Waals surface area contributed by atoms with Crippen molar-refractivity contribution in [3.05, 3.63) is 83.2 Å². The van der Waals surface area contributed by atoms with Crippen LogP contribution in [0.25, 0.3) is 0 Å². The summed E-state index contributed by atoms with van der Waals surface area (Å²) in [6, 6.07) is 14.3. The number of methoxy groups -OCH3 is 2. The smallest absolute Gasteiger partial charge is 0.264 e. The molecule has 3 aromatic rings. The number of hydrogen-bond acceptors (Lipinski definition) is 6. The van der Waals surface area contributed by atoms with Crippen molar-refractivity contribution >= 4 is 27.5 Å². The van der Waals surface area contributed by atoms with Crippen LogP contribution in [-0.4, -0.2) is 57.5 Å². The molecular formula is C32H40FN3O6S. The van der Waals surface area contributed by atoms with Crippen LogP contribution in [-0.2, 0) is 26.2 Å². The molecule has 0 saturated carbocycles. The summed E-state index contributed by atoms with van der Waals surface area (Å²) in [5, 5.41) is 2.85. The van der Waals surface area contributed by atoms with Gasteiger partial charge in [-0.05, 0) is 83.0 Å². The molecule has 1 atom stereocenters. The summed E-state index contributed by atoms with van der Waals surface area (Å²) in [6.07, 6.45) is 0. The van der Waals surface area contributed by atoms with E-state index >= 15 is 0 Å². The van der Waals surface area contributed by atoms with Gasteiger partial charge in [-0.25, -0.2) is 12.8 Å². The maximum absolute atomic E-state index is 14.7. The number of carbonyl (C=O) groups is 2. The van der Waals surface area contributed by atoms with E-state index in [1.807, 2.05) is 19.9 Å². The highest BCUT2D eigenvalue weighted by Crippen LogP contribution is 2.33. The fourth-order valence-electron chi connectivity index (χ4n) is 4.59. The van der Waals surface area contributed by atoms with Crippen LogP contribution >= 0.6 is 0 Å². The molecule has 0 saturated heterocycles. The lowest BCUT2D eigenvalue weighted by Gasteiger charge is -2.33. The second-order valence-electron chi connectivity index (χ2n) is 11.4. The average Bonchev–Trinajstić information content (AvgIpc) is 2.92.